The monoisotopic (exact) mass is 450 g/mol. The number of hydrogen-bond donors (Lipinski definition) is 3. The number of benzene rings is 1. The van der Waals surface area contributed by atoms with Crippen LogP contribution in [0.15, 0.2) is 29.6 Å². The fourth-order valence-electron chi connectivity index (χ4n) is 4.51. The second-order valence-corrected chi connectivity index (χ2v) is 9.53. The second-order valence-electron chi connectivity index (χ2n) is 8.54. The Morgan fingerprint density at radius 3 is 2.42 bits per heavy atom. The molecule has 0 spiro atoms. The SMILES string of the molecule is CCc1cc(C2(NC[C@@H](O)[C@@H](Cc3cc(F)cc(F)c3)NC(C)=O)CCCCC2)cs1. The van der Waals surface area contributed by atoms with Gasteiger partial charge in [-0.2, -0.15) is 0 Å². The van der Waals surface area contributed by atoms with Gasteiger partial charge in [0.2, 0.25) is 5.91 Å². The van der Waals surface area contributed by atoms with Crippen molar-refractivity contribution in [2.75, 3.05) is 6.54 Å². The first kappa shape index (κ1) is 23.8. The number of carbonyl (C=O) groups is 1. The number of aryl methyl sites for hydroxylation is 1. The number of aliphatic hydroxyl groups excluding tert-OH is 1. The van der Waals surface area contributed by atoms with Crippen molar-refractivity contribution >= 4 is 17.2 Å². The van der Waals surface area contributed by atoms with Gasteiger partial charge in [0, 0.05) is 30.0 Å². The molecule has 1 saturated carbocycles. The molecule has 31 heavy (non-hydrogen) atoms. The molecule has 0 aliphatic heterocycles. The third-order valence-electron chi connectivity index (χ3n) is 6.14. The molecule has 2 aromatic rings. The molecule has 0 saturated heterocycles. The second kappa shape index (κ2) is 10.7. The molecule has 1 aliphatic carbocycles. The van der Waals surface area contributed by atoms with Gasteiger partial charge in [-0.3, -0.25) is 4.79 Å². The molecular formula is C24H32F2N2O2S. The van der Waals surface area contributed by atoms with Crippen LogP contribution in [0, 0.1) is 11.6 Å². The molecular weight excluding hydrogens is 418 g/mol. The molecule has 170 valence electrons. The van der Waals surface area contributed by atoms with E-state index in [0.717, 1.165) is 38.2 Å². The highest BCUT2D eigenvalue weighted by Gasteiger charge is 2.35. The standard InChI is InChI=1S/C24H32F2N2O2S/c1-3-21-12-18(15-31-21)24(7-5-4-6-8-24)27-14-23(30)22(28-16(2)29)11-17-9-19(25)13-20(26)10-17/h9-10,12-13,15,22-23,27,30H,3-8,11,14H2,1-2H3,(H,28,29)/t22-,23-/m1/s1. The zero-order valence-electron chi connectivity index (χ0n) is 18.2. The number of nitrogens with one attached hydrogen (secondary N) is 2. The third-order valence-corrected chi connectivity index (χ3v) is 7.22. The summed E-state index contributed by atoms with van der Waals surface area (Å²) < 4.78 is 27.2. The van der Waals surface area contributed by atoms with E-state index in [2.05, 4.69) is 29.0 Å². The van der Waals surface area contributed by atoms with Gasteiger partial charge in [0.1, 0.15) is 11.6 Å². The summed E-state index contributed by atoms with van der Waals surface area (Å²) in [6.45, 7) is 3.80. The molecule has 1 heterocycles. The van der Waals surface area contributed by atoms with Crippen molar-refractivity contribution < 1.29 is 18.7 Å². The van der Waals surface area contributed by atoms with E-state index in [1.807, 2.05) is 0 Å². The molecule has 0 radical (unpaired) electrons. The van der Waals surface area contributed by atoms with Gasteiger partial charge in [-0.05, 0) is 60.4 Å². The lowest BCUT2D eigenvalue weighted by molar-refractivity contribution is -0.120. The number of amides is 1. The Labute approximate surface area is 187 Å². The number of aliphatic hydroxyl groups is 1. The fraction of sp³-hybridized carbons (Fsp3) is 0.542. The summed E-state index contributed by atoms with van der Waals surface area (Å²) in [7, 11) is 0. The fourth-order valence-corrected chi connectivity index (χ4v) is 5.44. The van der Waals surface area contributed by atoms with Crippen LogP contribution in [0.4, 0.5) is 8.78 Å². The van der Waals surface area contributed by atoms with Crippen LogP contribution in [0.1, 0.15) is 62.0 Å². The van der Waals surface area contributed by atoms with Crippen LogP contribution in [0.3, 0.4) is 0 Å². The van der Waals surface area contributed by atoms with Gasteiger partial charge < -0.3 is 15.7 Å². The maximum atomic E-state index is 13.6. The van der Waals surface area contributed by atoms with E-state index >= 15 is 0 Å². The quantitative estimate of drug-likeness (QED) is 0.529. The van der Waals surface area contributed by atoms with E-state index in [-0.39, 0.29) is 24.4 Å². The van der Waals surface area contributed by atoms with Crippen molar-refractivity contribution in [2.45, 2.75) is 76.5 Å². The molecule has 1 amide bonds. The third kappa shape index (κ3) is 6.34. The first-order valence-corrected chi connectivity index (χ1v) is 11.9. The Morgan fingerprint density at radius 2 is 1.84 bits per heavy atom. The maximum Gasteiger partial charge on any atom is 0.217 e. The van der Waals surface area contributed by atoms with Gasteiger partial charge in [-0.15, -0.1) is 11.3 Å². The van der Waals surface area contributed by atoms with Crippen LogP contribution in [0.25, 0.3) is 0 Å². The summed E-state index contributed by atoms with van der Waals surface area (Å²) >= 11 is 1.76. The Balaban J connectivity index is 1.74. The summed E-state index contributed by atoms with van der Waals surface area (Å²) in [5, 5.41) is 19.5. The van der Waals surface area contributed by atoms with E-state index < -0.39 is 23.8 Å². The summed E-state index contributed by atoms with van der Waals surface area (Å²) in [5.41, 5.74) is 1.48. The van der Waals surface area contributed by atoms with Gasteiger partial charge >= 0.3 is 0 Å². The molecule has 2 atom stereocenters. The first-order chi connectivity index (χ1) is 14.8. The molecule has 1 fully saturated rings. The first-order valence-electron chi connectivity index (χ1n) is 11.0. The zero-order valence-corrected chi connectivity index (χ0v) is 19.0. The van der Waals surface area contributed by atoms with E-state index in [1.165, 1.54) is 35.9 Å². The van der Waals surface area contributed by atoms with Crippen molar-refractivity contribution in [3.63, 3.8) is 0 Å². The van der Waals surface area contributed by atoms with Crippen molar-refractivity contribution in [3.8, 4) is 0 Å². The average Bonchev–Trinajstić information content (AvgIpc) is 3.21. The number of carbonyl (C=O) groups excluding carboxylic acids is 1. The van der Waals surface area contributed by atoms with Crippen LogP contribution in [-0.2, 0) is 23.2 Å². The van der Waals surface area contributed by atoms with E-state index in [0.29, 0.717) is 5.56 Å². The van der Waals surface area contributed by atoms with Crippen LogP contribution in [-0.4, -0.2) is 29.7 Å². The van der Waals surface area contributed by atoms with Crippen molar-refractivity contribution in [2.24, 2.45) is 0 Å². The van der Waals surface area contributed by atoms with Crippen LogP contribution in [0.5, 0.6) is 0 Å². The predicted molar refractivity (Wildman–Crippen MR) is 120 cm³/mol. The Hall–Kier alpha value is -1.83. The Bertz CT molecular complexity index is 860. The maximum absolute atomic E-state index is 13.6. The molecule has 1 aromatic carbocycles. The molecule has 0 unspecified atom stereocenters. The minimum absolute atomic E-state index is 0.141. The lowest BCUT2D eigenvalue weighted by Crippen LogP contribution is -2.53. The molecule has 3 rings (SSSR count). The summed E-state index contributed by atoms with van der Waals surface area (Å²) in [6.07, 6.45) is 5.69. The van der Waals surface area contributed by atoms with E-state index in [4.69, 9.17) is 0 Å². The predicted octanol–water partition coefficient (Wildman–Crippen LogP) is 4.45. The number of rotatable bonds is 9. The summed E-state index contributed by atoms with van der Waals surface area (Å²) in [4.78, 5) is 13.1. The van der Waals surface area contributed by atoms with Crippen molar-refractivity contribution in [1.82, 2.24) is 10.6 Å². The van der Waals surface area contributed by atoms with E-state index in [1.54, 1.807) is 11.3 Å². The molecule has 7 heteroatoms. The smallest absolute Gasteiger partial charge is 0.217 e. The van der Waals surface area contributed by atoms with Gasteiger partial charge in [-0.1, -0.05) is 26.2 Å². The highest BCUT2D eigenvalue weighted by Crippen LogP contribution is 2.39. The minimum atomic E-state index is -0.904. The highest BCUT2D eigenvalue weighted by atomic mass is 32.1. The highest BCUT2D eigenvalue weighted by molar-refractivity contribution is 7.10. The Morgan fingerprint density at radius 1 is 1.16 bits per heavy atom. The largest absolute Gasteiger partial charge is 0.390 e. The Kier molecular flexibility index (Phi) is 8.19. The van der Waals surface area contributed by atoms with E-state index in [9.17, 15) is 18.7 Å². The van der Waals surface area contributed by atoms with Gasteiger partial charge in [-0.25, -0.2) is 8.78 Å². The number of halogens is 2. The summed E-state index contributed by atoms with van der Waals surface area (Å²) in [6, 6.07) is 4.89. The molecule has 1 aliphatic rings. The number of thiophene rings is 1. The minimum Gasteiger partial charge on any atom is -0.390 e. The molecule has 0 bridgehead atoms. The number of hydrogen-bond acceptors (Lipinski definition) is 4. The molecule has 4 nitrogen and oxygen atoms in total. The molecule has 1 aromatic heterocycles. The average molecular weight is 451 g/mol. The normalized spacial score (nSPS) is 17.8. The van der Waals surface area contributed by atoms with Crippen LogP contribution in [0.2, 0.25) is 0 Å². The van der Waals surface area contributed by atoms with Crippen LogP contribution < -0.4 is 10.6 Å². The lowest BCUT2D eigenvalue weighted by Gasteiger charge is -2.39. The zero-order chi connectivity index (χ0) is 22.4. The van der Waals surface area contributed by atoms with Gasteiger partial charge in [0.25, 0.3) is 0 Å². The van der Waals surface area contributed by atoms with Gasteiger partial charge in [0.15, 0.2) is 0 Å². The van der Waals surface area contributed by atoms with Crippen LogP contribution >= 0.6 is 11.3 Å². The van der Waals surface area contributed by atoms with Crippen molar-refractivity contribution in [3.05, 3.63) is 57.3 Å². The van der Waals surface area contributed by atoms with Crippen molar-refractivity contribution in [1.29, 1.82) is 0 Å². The molecule has 3 N–H and O–H groups in total. The summed E-state index contributed by atoms with van der Waals surface area (Å²) in [5.74, 6) is -1.64. The van der Waals surface area contributed by atoms with Gasteiger partial charge in [0.05, 0.1) is 12.1 Å². The lowest BCUT2D eigenvalue weighted by atomic mass is 9.77. The topological polar surface area (TPSA) is 61.4 Å².